The molecule has 1 saturated heterocycles. The SMILES string of the molecule is COc1ccccc1[C@H]1c2[nH]c3ccccc3c2C[C@H]2C(=O)N(C[C@@H](O)c3ccccc3)CC(=O)N12. The number of piperazine rings is 1. The lowest BCUT2D eigenvalue weighted by molar-refractivity contribution is -0.159. The molecule has 2 amide bonds. The number of methoxy groups -OCH3 is 1. The van der Waals surface area contributed by atoms with Crippen LogP contribution in [0.15, 0.2) is 78.9 Å². The molecule has 0 aliphatic carbocycles. The highest BCUT2D eigenvalue weighted by atomic mass is 16.5. The first-order chi connectivity index (χ1) is 17.6. The van der Waals surface area contributed by atoms with E-state index in [1.807, 2.05) is 78.9 Å². The molecule has 0 radical (unpaired) electrons. The summed E-state index contributed by atoms with van der Waals surface area (Å²) in [4.78, 5) is 34.3. The summed E-state index contributed by atoms with van der Waals surface area (Å²) >= 11 is 0. The molecule has 2 N–H and O–H groups in total. The van der Waals surface area contributed by atoms with Gasteiger partial charge in [-0.15, -0.1) is 0 Å². The number of nitrogens with zero attached hydrogens (tertiary/aromatic N) is 2. The summed E-state index contributed by atoms with van der Waals surface area (Å²) in [7, 11) is 1.61. The van der Waals surface area contributed by atoms with E-state index in [9.17, 15) is 14.7 Å². The second-order valence-electron chi connectivity index (χ2n) is 9.37. The maximum Gasteiger partial charge on any atom is 0.246 e. The molecule has 1 fully saturated rings. The minimum Gasteiger partial charge on any atom is -0.496 e. The van der Waals surface area contributed by atoms with Crippen LogP contribution in [-0.4, -0.2) is 57.9 Å². The Bertz CT molecular complexity index is 1450. The average molecular weight is 482 g/mol. The molecule has 0 unspecified atom stereocenters. The molecule has 3 atom stereocenters. The Labute approximate surface area is 208 Å². The molecule has 0 saturated carbocycles. The second kappa shape index (κ2) is 8.84. The van der Waals surface area contributed by atoms with Gasteiger partial charge in [0, 0.05) is 28.6 Å². The highest BCUT2D eigenvalue weighted by molar-refractivity contribution is 5.97. The van der Waals surface area contributed by atoms with E-state index in [-0.39, 0.29) is 24.9 Å². The van der Waals surface area contributed by atoms with Crippen molar-refractivity contribution >= 4 is 22.7 Å². The van der Waals surface area contributed by atoms with E-state index in [2.05, 4.69) is 4.98 Å². The third-order valence-corrected chi connectivity index (χ3v) is 7.35. The molecule has 7 heteroatoms. The van der Waals surface area contributed by atoms with Gasteiger partial charge < -0.3 is 24.6 Å². The number of nitrogens with one attached hydrogen (secondary N) is 1. The predicted octanol–water partition coefficient (Wildman–Crippen LogP) is 3.60. The Kier molecular flexibility index (Phi) is 5.49. The Balaban J connectivity index is 1.43. The number of aromatic nitrogens is 1. The van der Waals surface area contributed by atoms with Crippen LogP contribution in [0.25, 0.3) is 10.9 Å². The molecule has 4 aromatic rings. The predicted molar refractivity (Wildman–Crippen MR) is 135 cm³/mol. The quantitative estimate of drug-likeness (QED) is 0.456. The molecule has 0 bridgehead atoms. The maximum absolute atomic E-state index is 13.9. The van der Waals surface area contributed by atoms with Gasteiger partial charge in [0.05, 0.1) is 26.3 Å². The number of H-pyrrole nitrogens is 1. The van der Waals surface area contributed by atoms with Crippen molar-refractivity contribution in [2.75, 3.05) is 20.2 Å². The van der Waals surface area contributed by atoms with E-state index in [1.165, 1.54) is 4.90 Å². The summed E-state index contributed by atoms with van der Waals surface area (Å²) in [5.74, 6) is 0.357. The van der Waals surface area contributed by atoms with E-state index < -0.39 is 18.2 Å². The Morgan fingerprint density at radius 2 is 1.72 bits per heavy atom. The number of ether oxygens (including phenoxy) is 1. The number of benzene rings is 3. The molecule has 3 heterocycles. The highest BCUT2D eigenvalue weighted by Gasteiger charge is 2.49. The number of rotatable bonds is 5. The van der Waals surface area contributed by atoms with Gasteiger partial charge in [-0.25, -0.2) is 0 Å². The number of aromatic amines is 1. The summed E-state index contributed by atoms with van der Waals surface area (Å²) in [5, 5.41) is 11.8. The number of aliphatic hydroxyl groups excluding tert-OH is 1. The van der Waals surface area contributed by atoms with Crippen LogP contribution in [0.2, 0.25) is 0 Å². The van der Waals surface area contributed by atoms with E-state index in [0.29, 0.717) is 12.2 Å². The van der Waals surface area contributed by atoms with Crippen molar-refractivity contribution in [3.8, 4) is 5.75 Å². The van der Waals surface area contributed by atoms with Crippen molar-refractivity contribution in [2.24, 2.45) is 0 Å². The van der Waals surface area contributed by atoms with Crippen molar-refractivity contribution in [3.05, 3.63) is 101 Å². The summed E-state index contributed by atoms with van der Waals surface area (Å²) in [6.45, 7) is -0.0145. The van der Waals surface area contributed by atoms with Gasteiger partial charge in [-0.1, -0.05) is 66.7 Å². The summed E-state index contributed by atoms with van der Waals surface area (Å²) in [5.41, 5.74) is 4.47. The fourth-order valence-electron chi connectivity index (χ4n) is 5.68. The van der Waals surface area contributed by atoms with Crippen LogP contribution in [0, 0.1) is 0 Å². The Hall–Kier alpha value is -4.10. The Morgan fingerprint density at radius 1 is 1.00 bits per heavy atom. The van der Waals surface area contributed by atoms with Gasteiger partial charge in [0.25, 0.3) is 0 Å². The number of hydrogen-bond acceptors (Lipinski definition) is 4. The topological polar surface area (TPSA) is 85.9 Å². The van der Waals surface area contributed by atoms with Crippen LogP contribution in [-0.2, 0) is 16.0 Å². The summed E-state index contributed by atoms with van der Waals surface area (Å²) in [6, 6.07) is 23.7. The average Bonchev–Trinajstić information content (AvgIpc) is 3.29. The molecule has 0 spiro atoms. The zero-order valence-corrected chi connectivity index (χ0v) is 19.9. The van der Waals surface area contributed by atoms with Crippen molar-refractivity contribution in [1.29, 1.82) is 0 Å². The van der Waals surface area contributed by atoms with Crippen molar-refractivity contribution in [2.45, 2.75) is 24.6 Å². The van der Waals surface area contributed by atoms with E-state index >= 15 is 0 Å². The number of fused-ring (bicyclic) bond motifs is 4. The van der Waals surface area contributed by atoms with Crippen LogP contribution in [0.3, 0.4) is 0 Å². The highest BCUT2D eigenvalue weighted by Crippen LogP contribution is 2.44. The van der Waals surface area contributed by atoms with Crippen LogP contribution < -0.4 is 4.74 Å². The maximum atomic E-state index is 13.9. The third-order valence-electron chi connectivity index (χ3n) is 7.35. The van der Waals surface area contributed by atoms with Gasteiger partial charge in [0.2, 0.25) is 11.8 Å². The number of para-hydroxylation sites is 2. The minimum atomic E-state index is -0.869. The fraction of sp³-hybridized carbons (Fsp3) is 0.241. The molecular weight excluding hydrogens is 454 g/mol. The summed E-state index contributed by atoms with van der Waals surface area (Å²) in [6.07, 6.45) is -0.459. The van der Waals surface area contributed by atoms with E-state index in [1.54, 1.807) is 12.0 Å². The number of hydrogen-bond donors (Lipinski definition) is 2. The molecule has 7 nitrogen and oxygen atoms in total. The van der Waals surface area contributed by atoms with Gasteiger partial charge in [0.1, 0.15) is 17.8 Å². The van der Waals surface area contributed by atoms with Crippen LogP contribution >= 0.6 is 0 Å². The van der Waals surface area contributed by atoms with Crippen LogP contribution in [0.5, 0.6) is 5.75 Å². The van der Waals surface area contributed by atoms with E-state index in [0.717, 1.165) is 33.3 Å². The molecule has 2 aliphatic rings. The third kappa shape index (κ3) is 3.55. The van der Waals surface area contributed by atoms with Gasteiger partial charge in [-0.2, -0.15) is 0 Å². The first-order valence-corrected chi connectivity index (χ1v) is 12.1. The molecular formula is C29H27N3O4. The van der Waals surface area contributed by atoms with Gasteiger partial charge in [-0.05, 0) is 23.3 Å². The lowest BCUT2D eigenvalue weighted by Crippen LogP contribution is -2.63. The van der Waals surface area contributed by atoms with Crippen molar-refractivity contribution in [3.63, 3.8) is 0 Å². The lowest BCUT2D eigenvalue weighted by atomic mass is 9.85. The lowest BCUT2D eigenvalue weighted by Gasteiger charge is -2.47. The van der Waals surface area contributed by atoms with Gasteiger partial charge in [0.15, 0.2) is 0 Å². The largest absolute Gasteiger partial charge is 0.496 e. The molecule has 3 aromatic carbocycles. The number of amides is 2. The normalized spacial score (nSPS) is 20.3. The van der Waals surface area contributed by atoms with Gasteiger partial charge in [-0.3, -0.25) is 9.59 Å². The standard InChI is InChI=1S/C29H27N3O4/c1-36-25-14-8-6-12-20(25)28-27-21(19-11-5-7-13-22(19)30-27)15-23-29(35)31(17-26(34)32(23)28)16-24(33)18-9-3-2-4-10-18/h2-14,23-24,28,30,33H,15-17H2,1H3/t23-,24+,28-/m0/s1. The fourth-order valence-corrected chi connectivity index (χ4v) is 5.68. The minimum absolute atomic E-state index is 0.0684. The van der Waals surface area contributed by atoms with Crippen molar-refractivity contribution in [1.82, 2.24) is 14.8 Å². The monoisotopic (exact) mass is 481 g/mol. The van der Waals surface area contributed by atoms with Crippen LogP contribution in [0.1, 0.15) is 34.5 Å². The van der Waals surface area contributed by atoms with Gasteiger partial charge >= 0.3 is 0 Å². The molecule has 6 rings (SSSR count). The molecule has 1 aromatic heterocycles. The number of carbonyl (C=O) groups excluding carboxylic acids is 2. The second-order valence-corrected chi connectivity index (χ2v) is 9.37. The van der Waals surface area contributed by atoms with Crippen LogP contribution in [0.4, 0.5) is 0 Å². The first kappa shape index (κ1) is 22.4. The molecule has 182 valence electrons. The smallest absolute Gasteiger partial charge is 0.246 e. The first-order valence-electron chi connectivity index (χ1n) is 12.1. The molecule has 36 heavy (non-hydrogen) atoms. The number of β-amino-alcohol motifs (C(OH)–C–C–N with tert-alkyl or cyclic N) is 1. The van der Waals surface area contributed by atoms with Crippen molar-refractivity contribution < 1.29 is 19.4 Å². The van der Waals surface area contributed by atoms with E-state index in [4.69, 9.17) is 4.74 Å². The summed E-state index contributed by atoms with van der Waals surface area (Å²) < 4.78 is 5.67. The number of carbonyl (C=O) groups is 2. The molecule has 2 aliphatic heterocycles. The number of aliphatic hydroxyl groups is 1. The zero-order chi connectivity index (χ0) is 24.8. The Morgan fingerprint density at radius 3 is 2.53 bits per heavy atom. The zero-order valence-electron chi connectivity index (χ0n) is 19.9.